The smallest absolute Gasteiger partial charge is 0.353 e. The first kappa shape index (κ1) is 23.4. The van der Waals surface area contributed by atoms with Gasteiger partial charge in [0.25, 0.3) is 0 Å². The zero-order valence-electron chi connectivity index (χ0n) is 19.3. The van der Waals surface area contributed by atoms with Crippen LogP contribution >= 0.6 is 11.8 Å². The predicted octanol–water partition coefficient (Wildman–Crippen LogP) is 0.664. The molecule has 6 atom stereocenters. The number of hydrogen-bond acceptors (Lipinski definition) is 7. The summed E-state index contributed by atoms with van der Waals surface area (Å²) < 4.78 is 2.11. The highest BCUT2D eigenvalue weighted by atomic mass is 32.2. The first-order valence-corrected chi connectivity index (χ1v) is 12.8. The molecule has 3 N–H and O–H groups in total. The number of fused-ring (bicyclic) bond motifs is 1. The van der Waals surface area contributed by atoms with Gasteiger partial charge in [-0.05, 0) is 26.2 Å². The number of hydrogen-bond donors (Lipinski definition) is 3. The van der Waals surface area contributed by atoms with Crippen LogP contribution in [0.4, 0.5) is 0 Å². The average molecular weight is 490 g/mol. The Morgan fingerprint density at radius 1 is 1.29 bits per heavy atom. The number of aliphatic hydroxyl groups is 1. The minimum Gasteiger partial charge on any atom is -0.477 e. The van der Waals surface area contributed by atoms with Crippen molar-refractivity contribution >= 4 is 29.5 Å². The molecule has 0 spiro atoms. The van der Waals surface area contributed by atoms with Gasteiger partial charge in [0.2, 0.25) is 11.8 Å². The minimum absolute atomic E-state index is 0.0424. The van der Waals surface area contributed by atoms with Crippen LogP contribution in [0.25, 0.3) is 0 Å². The largest absolute Gasteiger partial charge is 0.477 e. The van der Waals surface area contributed by atoms with Crippen molar-refractivity contribution in [1.82, 2.24) is 24.7 Å². The maximum Gasteiger partial charge on any atom is 0.353 e. The van der Waals surface area contributed by atoms with E-state index < -0.39 is 18.0 Å². The van der Waals surface area contributed by atoms with Crippen molar-refractivity contribution in [2.75, 3.05) is 19.6 Å². The summed E-state index contributed by atoms with van der Waals surface area (Å²) in [4.78, 5) is 45.8. The summed E-state index contributed by atoms with van der Waals surface area (Å²) in [5.74, 6) is -2.06. The Morgan fingerprint density at radius 2 is 2.03 bits per heavy atom. The zero-order chi connectivity index (χ0) is 24.1. The third kappa shape index (κ3) is 3.83. The summed E-state index contributed by atoms with van der Waals surface area (Å²) in [5.41, 5.74) is 0.0424. The second-order valence-electron chi connectivity index (χ2n) is 9.77. The molecule has 184 valence electrons. The maximum atomic E-state index is 13.1. The number of likely N-dealkylation sites (tertiary alicyclic amines) is 1. The highest BCUT2D eigenvalue weighted by Crippen LogP contribution is 2.51. The van der Waals surface area contributed by atoms with Crippen LogP contribution in [-0.4, -0.2) is 90.4 Å². The Bertz CT molecular complexity index is 1000. The van der Waals surface area contributed by atoms with E-state index in [9.17, 15) is 24.6 Å². The zero-order valence-corrected chi connectivity index (χ0v) is 20.1. The molecule has 3 saturated heterocycles. The number of carboxylic acid groups (broad SMARTS) is 1. The van der Waals surface area contributed by atoms with Crippen LogP contribution in [0.5, 0.6) is 0 Å². The molecule has 5 heterocycles. The van der Waals surface area contributed by atoms with E-state index >= 15 is 0 Å². The van der Waals surface area contributed by atoms with Crippen molar-refractivity contribution in [3.05, 3.63) is 29.3 Å². The molecule has 5 rings (SSSR count). The summed E-state index contributed by atoms with van der Waals surface area (Å²) in [6.07, 6.45) is 7.16. The molecule has 0 radical (unpaired) electrons. The molecule has 0 bridgehead atoms. The van der Waals surface area contributed by atoms with Crippen molar-refractivity contribution in [3.63, 3.8) is 0 Å². The average Bonchev–Trinajstić information content (AvgIpc) is 3.54. The van der Waals surface area contributed by atoms with Gasteiger partial charge in [-0.2, -0.15) is 0 Å². The number of nitrogens with one attached hydrogen (secondary N) is 1. The lowest BCUT2D eigenvalue weighted by atomic mass is 9.79. The maximum absolute atomic E-state index is 13.1. The summed E-state index contributed by atoms with van der Waals surface area (Å²) in [6, 6.07) is -0.225. The van der Waals surface area contributed by atoms with E-state index in [0.717, 1.165) is 12.8 Å². The van der Waals surface area contributed by atoms with Crippen molar-refractivity contribution in [1.29, 1.82) is 0 Å². The number of piperidine rings is 1. The minimum atomic E-state index is -1.12. The topological polar surface area (TPSA) is 128 Å². The molecule has 0 aliphatic carbocycles. The molecule has 4 aliphatic rings. The number of carbonyl (C=O) groups is 3. The Hall–Kier alpha value is -2.37. The van der Waals surface area contributed by atoms with Gasteiger partial charge in [-0.3, -0.25) is 9.59 Å². The van der Waals surface area contributed by atoms with Crippen LogP contribution in [0.3, 0.4) is 0 Å². The molecule has 2 amide bonds. The lowest BCUT2D eigenvalue weighted by Crippen LogP contribution is -2.63. The van der Waals surface area contributed by atoms with Crippen LogP contribution in [-0.2, 0) is 14.4 Å². The van der Waals surface area contributed by atoms with E-state index in [1.165, 1.54) is 16.7 Å². The van der Waals surface area contributed by atoms with Gasteiger partial charge in [0.15, 0.2) is 0 Å². The van der Waals surface area contributed by atoms with Gasteiger partial charge >= 0.3 is 5.97 Å². The summed E-state index contributed by atoms with van der Waals surface area (Å²) >= 11 is 1.47. The van der Waals surface area contributed by atoms with E-state index in [4.69, 9.17) is 0 Å². The monoisotopic (exact) mass is 489 g/mol. The van der Waals surface area contributed by atoms with E-state index in [1.54, 1.807) is 13.1 Å². The number of aromatic nitrogens is 2. The molecule has 11 heteroatoms. The summed E-state index contributed by atoms with van der Waals surface area (Å²) in [6.45, 7) is 5.53. The number of β-lactam (4-membered cyclic amide) rings is 1. The van der Waals surface area contributed by atoms with Gasteiger partial charge < -0.3 is 29.9 Å². The van der Waals surface area contributed by atoms with E-state index in [-0.39, 0.29) is 40.8 Å². The van der Waals surface area contributed by atoms with Crippen molar-refractivity contribution in [2.24, 2.45) is 11.8 Å². The van der Waals surface area contributed by atoms with Crippen LogP contribution < -0.4 is 5.32 Å². The van der Waals surface area contributed by atoms with E-state index in [1.807, 2.05) is 24.3 Å². The normalized spacial score (nSPS) is 32.7. The van der Waals surface area contributed by atoms with Crippen molar-refractivity contribution in [2.45, 2.75) is 62.6 Å². The molecule has 34 heavy (non-hydrogen) atoms. The number of thioether (sulfide) groups is 1. The van der Waals surface area contributed by atoms with E-state index in [2.05, 4.69) is 14.9 Å². The van der Waals surface area contributed by atoms with E-state index in [0.29, 0.717) is 37.0 Å². The SMILES string of the molecule is C[C@@H](O)[C@H]1C(=O)N2C(C(=O)O)=C(S[C@@H]3CN[C@H](C(=O)N4CCC(n5ccnc5)CC4)C3)[C@H](C)[C@H]12. The Balaban J connectivity index is 1.21. The number of nitrogens with zero attached hydrogens (tertiary/aromatic N) is 4. The fourth-order valence-electron chi connectivity index (χ4n) is 5.93. The fourth-order valence-corrected chi connectivity index (χ4v) is 7.41. The molecular formula is C23H31N5O5S. The lowest BCUT2D eigenvalue weighted by molar-refractivity contribution is -0.163. The third-order valence-electron chi connectivity index (χ3n) is 7.72. The second kappa shape index (κ2) is 9.01. The molecule has 0 saturated carbocycles. The highest BCUT2D eigenvalue weighted by Gasteiger charge is 2.60. The molecule has 1 aromatic rings. The lowest BCUT2D eigenvalue weighted by Gasteiger charge is -2.46. The van der Waals surface area contributed by atoms with Crippen molar-refractivity contribution in [3.8, 4) is 0 Å². The number of aliphatic hydroxyl groups excluding tert-OH is 1. The quantitative estimate of drug-likeness (QED) is 0.498. The second-order valence-corrected chi connectivity index (χ2v) is 11.1. The van der Waals surface area contributed by atoms with Gasteiger partial charge in [0, 0.05) is 54.1 Å². The molecule has 3 fully saturated rings. The number of aliphatic carboxylic acids is 1. The summed E-state index contributed by atoms with van der Waals surface area (Å²) in [7, 11) is 0. The van der Waals surface area contributed by atoms with Crippen LogP contribution in [0.2, 0.25) is 0 Å². The fraction of sp³-hybridized carbons (Fsp3) is 0.652. The first-order valence-electron chi connectivity index (χ1n) is 11.9. The molecule has 4 aliphatic heterocycles. The molecule has 10 nitrogen and oxygen atoms in total. The van der Waals surface area contributed by atoms with Crippen LogP contribution in [0, 0.1) is 11.8 Å². The van der Waals surface area contributed by atoms with Gasteiger partial charge in [-0.15, -0.1) is 11.8 Å². The summed E-state index contributed by atoms with van der Waals surface area (Å²) in [5, 5.41) is 23.2. The number of amides is 2. The third-order valence-corrected chi connectivity index (χ3v) is 9.23. The first-order chi connectivity index (χ1) is 16.3. The number of imidazole rings is 1. The van der Waals surface area contributed by atoms with Gasteiger partial charge in [-0.1, -0.05) is 6.92 Å². The predicted molar refractivity (Wildman–Crippen MR) is 124 cm³/mol. The number of rotatable bonds is 6. The Labute approximate surface area is 202 Å². The molecule has 0 aromatic carbocycles. The standard InChI is InChI=1S/C23H31N5O5S/c1-12-18-17(13(2)29)22(31)28(18)19(23(32)33)20(12)34-15-9-16(25-10-15)21(30)26-6-3-14(4-7-26)27-8-5-24-11-27/h5,8,11-18,25,29H,3-4,6-7,9-10H2,1-2H3,(H,32,33)/t12-,13-,15+,16+,17-,18-/m1/s1. The van der Waals surface area contributed by atoms with Crippen molar-refractivity contribution < 1.29 is 24.6 Å². The van der Waals surface area contributed by atoms with Gasteiger partial charge in [0.05, 0.1) is 30.4 Å². The Kier molecular flexibility index (Phi) is 6.19. The Morgan fingerprint density at radius 3 is 2.65 bits per heavy atom. The van der Waals surface area contributed by atoms with Gasteiger partial charge in [0.1, 0.15) is 5.70 Å². The van der Waals surface area contributed by atoms with Gasteiger partial charge in [-0.25, -0.2) is 9.78 Å². The highest BCUT2D eigenvalue weighted by molar-refractivity contribution is 8.03. The molecule has 0 unspecified atom stereocenters. The number of carbonyl (C=O) groups excluding carboxylic acids is 2. The molecule has 1 aromatic heterocycles. The van der Waals surface area contributed by atoms with Crippen LogP contribution in [0.1, 0.15) is 39.2 Å². The van der Waals surface area contributed by atoms with Crippen LogP contribution in [0.15, 0.2) is 29.3 Å². The number of carboxylic acids is 1. The molecular weight excluding hydrogens is 458 g/mol.